The van der Waals surface area contributed by atoms with Crippen molar-refractivity contribution in [3.05, 3.63) is 65.5 Å². The number of nitrogens with zero attached hydrogens (tertiary/aromatic N) is 3. The molecule has 2 saturated heterocycles. The maximum absolute atomic E-state index is 13.1. The molecule has 1 N–H and O–H groups in total. The fraction of sp³-hybridized carbons (Fsp3) is 0.444. The number of ketones is 1. The van der Waals surface area contributed by atoms with E-state index in [9.17, 15) is 14.7 Å². The van der Waals surface area contributed by atoms with Crippen LogP contribution in [0.2, 0.25) is 0 Å². The molecule has 0 saturated carbocycles. The van der Waals surface area contributed by atoms with E-state index in [0.29, 0.717) is 37.7 Å². The second-order valence-electron chi connectivity index (χ2n) is 8.81. The van der Waals surface area contributed by atoms with Gasteiger partial charge in [0.15, 0.2) is 0 Å². The van der Waals surface area contributed by atoms with Crippen LogP contribution in [0, 0.1) is 0 Å². The fourth-order valence-electron chi connectivity index (χ4n) is 4.49. The summed E-state index contributed by atoms with van der Waals surface area (Å²) in [5.74, 6) is -0.737. The van der Waals surface area contributed by atoms with Crippen LogP contribution in [0.5, 0.6) is 5.75 Å². The lowest BCUT2D eigenvalue weighted by atomic mass is 9.96. The van der Waals surface area contributed by atoms with Crippen molar-refractivity contribution in [2.24, 2.45) is 0 Å². The maximum Gasteiger partial charge on any atom is 0.295 e. The summed E-state index contributed by atoms with van der Waals surface area (Å²) in [6.07, 6.45) is 5.98. The van der Waals surface area contributed by atoms with Crippen molar-refractivity contribution in [1.82, 2.24) is 14.8 Å². The van der Waals surface area contributed by atoms with Crippen LogP contribution >= 0.6 is 0 Å². The van der Waals surface area contributed by atoms with E-state index in [1.54, 1.807) is 53.7 Å². The van der Waals surface area contributed by atoms with Gasteiger partial charge in [-0.15, -0.1) is 0 Å². The molecule has 2 fully saturated rings. The van der Waals surface area contributed by atoms with Gasteiger partial charge in [-0.2, -0.15) is 0 Å². The van der Waals surface area contributed by atoms with Gasteiger partial charge in [0.2, 0.25) is 0 Å². The predicted octanol–water partition coefficient (Wildman–Crippen LogP) is 3.40. The lowest BCUT2D eigenvalue weighted by Gasteiger charge is -2.29. The van der Waals surface area contributed by atoms with E-state index < -0.39 is 17.7 Å². The quantitative estimate of drug-likeness (QED) is 0.242. The summed E-state index contributed by atoms with van der Waals surface area (Å²) >= 11 is 0. The summed E-state index contributed by atoms with van der Waals surface area (Å²) in [6, 6.07) is 9.86. The molecule has 2 aliphatic heterocycles. The zero-order chi connectivity index (χ0) is 24.6. The number of aliphatic hydroxyl groups is 1. The first-order valence-corrected chi connectivity index (χ1v) is 12.3. The average Bonchev–Trinajstić information content (AvgIpc) is 3.15. The topological polar surface area (TPSA) is 92.2 Å². The summed E-state index contributed by atoms with van der Waals surface area (Å²) in [5.41, 5.74) is 1.32. The summed E-state index contributed by atoms with van der Waals surface area (Å²) in [5, 5.41) is 11.2. The first-order chi connectivity index (χ1) is 17.1. The van der Waals surface area contributed by atoms with Crippen molar-refractivity contribution in [2.75, 3.05) is 46.0 Å². The van der Waals surface area contributed by atoms with Gasteiger partial charge in [0.1, 0.15) is 11.5 Å². The number of aliphatic hydroxyl groups excluding tert-OH is 1. The summed E-state index contributed by atoms with van der Waals surface area (Å²) < 4.78 is 11.1. The molecule has 35 heavy (non-hydrogen) atoms. The molecule has 2 aliphatic rings. The Morgan fingerprint density at radius 1 is 1.06 bits per heavy atom. The molecule has 1 atom stereocenters. The normalized spacial score (nSPS) is 20.4. The number of morpholine rings is 1. The highest BCUT2D eigenvalue weighted by molar-refractivity contribution is 6.46. The summed E-state index contributed by atoms with van der Waals surface area (Å²) in [4.78, 5) is 34.2. The van der Waals surface area contributed by atoms with Crippen LogP contribution in [-0.2, 0) is 14.3 Å². The Balaban J connectivity index is 1.58. The van der Waals surface area contributed by atoms with Crippen LogP contribution in [-0.4, -0.2) is 77.6 Å². The fourth-order valence-corrected chi connectivity index (χ4v) is 4.49. The molecule has 0 bridgehead atoms. The second kappa shape index (κ2) is 12.0. The monoisotopic (exact) mass is 479 g/mol. The number of unbranched alkanes of at least 4 members (excludes halogenated alkanes) is 1. The number of amides is 1. The highest BCUT2D eigenvalue weighted by Gasteiger charge is 2.45. The molecule has 0 radical (unpaired) electrons. The number of rotatable bonds is 10. The van der Waals surface area contributed by atoms with E-state index in [1.165, 1.54) is 0 Å². The van der Waals surface area contributed by atoms with Crippen molar-refractivity contribution in [3.63, 3.8) is 0 Å². The number of aromatic nitrogens is 1. The first-order valence-electron chi connectivity index (χ1n) is 12.3. The Bertz CT molecular complexity index is 1030. The Kier molecular flexibility index (Phi) is 8.50. The maximum atomic E-state index is 13.1. The van der Waals surface area contributed by atoms with Gasteiger partial charge in [0.05, 0.1) is 31.4 Å². The molecular formula is C27H33N3O5. The van der Waals surface area contributed by atoms with Gasteiger partial charge in [-0.1, -0.05) is 13.3 Å². The minimum atomic E-state index is -0.668. The number of carbonyl (C=O) groups excluding carboxylic acids is 2. The van der Waals surface area contributed by atoms with Crippen molar-refractivity contribution < 1.29 is 24.2 Å². The van der Waals surface area contributed by atoms with Gasteiger partial charge in [0, 0.05) is 44.1 Å². The molecule has 2 aromatic rings. The smallest absolute Gasteiger partial charge is 0.295 e. The van der Waals surface area contributed by atoms with Crippen molar-refractivity contribution >= 4 is 17.4 Å². The molecule has 4 rings (SSSR count). The number of carbonyl (C=O) groups is 2. The van der Waals surface area contributed by atoms with Crippen LogP contribution in [0.3, 0.4) is 0 Å². The van der Waals surface area contributed by atoms with Crippen LogP contribution in [0.4, 0.5) is 0 Å². The molecule has 8 heteroatoms. The lowest BCUT2D eigenvalue weighted by molar-refractivity contribution is -0.140. The number of hydrogen-bond acceptors (Lipinski definition) is 7. The van der Waals surface area contributed by atoms with Gasteiger partial charge in [-0.05, 0) is 54.8 Å². The standard InChI is InChI=1S/C27H33N3O5/c1-2-3-17-35-22-7-5-21(6-8-22)25(31)23-24(20-9-11-28-12-10-20)30(27(33)26(23)32)14-4-13-29-15-18-34-19-16-29/h5-12,24,31H,2-4,13-19H2,1H3/b25-23-. The highest BCUT2D eigenvalue weighted by Crippen LogP contribution is 2.39. The highest BCUT2D eigenvalue weighted by atomic mass is 16.5. The Hall–Kier alpha value is -3.23. The van der Waals surface area contributed by atoms with Crippen LogP contribution < -0.4 is 4.74 Å². The number of pyridine rings is 1. The Labute approximate surface area is 206 Å². The van der Waals surface area contributed by atoms with E-state index in [4.69, 9.17) is 9.47 Å². The first kappa shape index (κ1) is 24.9. The molecule has 186 valence electrons. The third-order valence-electron chi connectivity index (χ3n) is 6.43. The number of Topliss-reactive ketones (excluding diaryl/α,β-unsaturated/α-hetero) is 1. The van der Waals surface area contributed by atoms with Gasteiger partial charge in [-0.25, -0.2) is 0 Å². The third kappa shape index (κ3) is 5.89. The summed E-state index contributed by atoms with van der Waals surface area (Å²) in [6.45, 7) is 7.11. The molecule has 3 heterocycles. The second-order valence-corrected chi connectivity index (χ2v) is 8.81. The number of hydrogen-bond donors (Lipinski definition) is 1. The van der Waals surface area contributed by atoms with Crippen LogP contribution in [0.1, 0.15) is 43.4 Å². The van der Waals surface area contributed by atoms with Crippen LogP contribution in [0.15, 0.2) is 54.4 Å². The van der Waals surface area contributed by atoms with E-state index in [0.717, 1.165) is 44.5 Å². The number of benzene rings is 1. The average molecular weight is 480 g/mol. The molecule has 0 spiro atoms. The van der Waals surface area contributed by atoms with E-state index >= 15 is 0 Å². The molecule has 1 aromatic carbocycles. The van der Waals surface area contributed by atoms with Crippen LogP contribution in [0.25, 0.3) is 5.76 Å². The van der Waals surface area contributed by atoms with Crippen molar-refractivity contribution in [3.8, 4) is 5.75 Å². The minimum absolute atomic E-state index is 0.104. The Morgan fingerprint density at radius 2 is 1.77 bits per heavy atom. The van der Waals surface area contributed by atoms with Crippen molar-refractivity contribution in [1.29, 1.82) is 0 Å². The largest absolute Gasteiger partial charge is 0.507 e. The summed E-state index contributed by atoms with van der Waals surface area (Å²) in [7, 11) is 0. The van der Waals surface area contributed by atoms with Gasteiger partial charge >= 0.3 is 0 Å². The lowest BCUT2D eigenvalue weighted by Crippen LogP contribution is -2.38. The van der Waals surface area contributed by atoms with E-state index in [1.807, 2.05) is 0 Å². The van der Waals surface area contributed by atoms with Gasteiger partial charge < -0.3 is 19.5 Å². The molecule has 0 aliphatic carbocycles. The molecule has 1 aromatic heterocycles. The number of ether oxygens (including phenoxy) is 2. The van der Waals surface area contributed by atoms with Gasteiger partial charge in [0.25, 0.3) is 11.7 Å². The van der Waals surface area contributed by atoms with Crippen molar-refractivity contribution in [2.45, 2.75) is 32.2 Å². The molecule has 8 nitrogen and oxygen atoms in total. The predicted molar refractivity (Wildman–Crippen MR) is 132 cm³/mol. The SMILES string of the molecule is CCCCOc1ccc(/C(O)=C2/C(=O)C(=O)N(CCCN3CCOCC3)C2c2ccncc2)cc1. The van der Waals surface area contributed by atoms with E-state index in [-0.39, 0.29) is 11.3 Å². The molecule has 1 amide bonds. The number of likely N-dealkylation sites (tertiary alicyclic amines) is 1. The third-order valence-corrected chi connectivity index (χ3v) is 6.43. The van der Waals surface area contributed by atoms with Gasteiger partial charge in [-0.3, -0.25) is 19.5 Å². The Morgan fingerprint density at radius 3 is 2.46 bits per heavy atom. The minimum Gasteiger partial charge on any atom is -0.507 e. The molecular weight excluding hydrogens is 446 g/mol. The zero-order valence-electron chi connectivity index (χ0n) is 20.2. The van der Waals surface area contributed by atoms with E-state index in [2.05, 4.69) is 16.8 Å². The zero-order valence-corrected chi connectivity index (χ0v) is 20.2. The molecule has 1 unspecified atom stereocenters.